The molecular formula is C9H21NO4S. The summed E-state index contributed by atoms with van der Waals surface area (Å²) in [6.07, 6.45) is 1.88. The fourth-order valence-electron chi connectivity index (χ4n) is 1.20. The van der Waals surface area contributed by atoms with Gasteiger partial charge in [-0.25, -0.2) is 0 Å². The Morgan fingerprint density at radius 2 is 2.07 bits per heavy atom. The molecular weight excluding hydrogens is 218 g/mol. The summed E-state index contributed by atoms with van der Waals surface area (Å²) in [6, 6.07) is 0. The molecule has 92 valence electrons. The average Bonchev–Trinajstić information content (AvgIpc) is 2.12. The molecule has 1 atom stereocenters. The van der Waals surface area contributed by atoms with Crippen molar-refractivity contribution in [3.8, 4) is 0 Å². The molecule has 0 aromatic heterocycles. The molecule has 0 saturated carbocycles. The Bertz CT molecular complexity index is 240. The Balaban J connectivity index is 3.74. The van der Waals surface area contributed by atoms with Crippen molar-refractivity contribution >= 4 is 10.1 Å². The van der Waals surface area contributed by atoms with E-state index < -0.39 is 10.1 Å². The van der Waals surface area contributed by atoms with Crippen molar-refractivity contribution in [3.63, 3.8) is 0 Å². The number of hydrogen-bond donors (Lipinski definition) is 2. The van der Waals surface area contributed by atoms with Crippen LogP contribution in [-0.4, -0.2) is 38.1 Å². The van der Waals surface area contributed by atoms with Crippen LogP contribution in [0.4, 0.5) is 0 Å². The lowest BCUT2D eigenvalue weighted by molar-refractivity contribution is 0.0322. The molecule has 0 fully saturated rings. The summed E-state index contributed by atoms with van der Waals surface area (Å²) in [4.78, 5) is 0. The Hall–Kier alpha value is -0.170. The maximum atomic E-state index is 10.5. The van der Waals surface area contributed by atoms with Crippen molar-refractivity contribution in [3.05, 3.63) is 0 Å². The highest BCUT2D eigenvalue weighted by Crippen LogP contribution is 2.01. The maximum absolute atomic E-state index is 10.5. The summed E-state index contributed by atoms with van der Waals surface area (Å²) in [5.41, 5.74) is 0. The molecule has 0 saturated heterocycles. The van der Waals surface area contributed by atoms with Gasteiger partial charge in [0.2, 0.25) is 0 Å². The molecule has 6 heteroatoms. The molecule has 0 bridgehead atoms. The zero-order chi connectivity index (χ0) is 11.7. The van der Waals surface area contributed by atoms with E-state index in [1.54, 1.807) is 0 Å². The molecule has 2 N–H and O–H groups in total. The zero-order valence-electron chi connectivity index (χ0n) is 9.40. The second kappa shape index (κ2) is 8.04. The summed E-state index contributed by atoms with van der Waals surface area (Å²) in [7, 11) is -3.84. The van der Waals surface area contributed by atoms with Crippen LogP contribution in [-0.2, 0) is 14.9 Å². The van der Waals surface area contributed by atoms with E-state index in [-0.39, 0.29) is 12.0 Å². The molecule has 0 aliphatic rings. The lowest BCUT2D eigenvalue weighted by Crippen LogP contribution is -2.32. The topological polar surface area (TPSA) is 75.6 Å². The van der Waals surface area contributed by atoms with Gasteiger partial charge in [-0.15, -0.1) is 0 Å². The van der Waals surface area contributed by atoms with Crippen molar-refractivity contribution < 1.29 is 17.7 Å². The number of hydrogen-bond acceptors (Lipinski definition) is 4. The highest BCUT2D eigenvalue weighted by Gasteiger charge is 2.10. The molecule has 0 spiro atoms. The second-order valence-corrected chi connectivity index (χ2v) is 4.90. The number of nitrogens with one attached hydrogen (secondary N) is 1. The fraction of sp³-hybridized carbons (Fsp3) is 1.00. The van der Waals surface area contributed by atoms with Crippen LogP contribution >= 0.6 is 0 Å². The van der Waals surface area contributed by atoms with Gasteiger partial charge in [-0.2, -0.15) is 8.42 Å². The van der Waals surface area contributed by atoms with Crippen LogP contribution in [0.15, 0.2) is 0 Å². The molecule has 15 heavy (non-hydrogen) atoms. The van der Waals surface area contributed by atoms with Crippen LogP contribution in [0, 0.1) is 0 Å². The summed E-state index contributed by atoms with van der Waals surface area (Å²) in [6.45, 7) is 5.38. The summed E-state index contributed by atoms with van der Waals surface area (Å²) in [5.74, 6) is -0.204. The van der Waals surface area contributed by atoms with Crippen molar-refractivity contribution in [2.24, 2.45) is 0 Å². The van der Waals surface area contributed by atoms with E-state index in [0.29, 0.717) is 19.4 Å². The molecule has 0 rings (SSSR count). The van der Waals surface area contributed by atoms with Crippen molar-refractivity contribution in [1.29, 1.82) is 0 Å². The van der Waals surface area contributed by atoms with Crippen molar-refractivity contribution in [2.45, 2.75) is 39.3 Å². The van der Waals surface area contributed by atoms with Gasteiger partial charge < -0.3 is 4.74 Å². The van der Waals surface area contributed by atoms with E-state index in [0.717, 1.165) is 13.0 Å². The Labute approximate surface area is 92.0 Å². The van der Waals surface area contributed by atoms with Gasteiger partial charge in [-0.3, -0.25) is 9.87 Å². The van der Waals surface area contributed by atoms with E-state index in [4.69, 9.17) is 9.29 Å². The monoisotopic (exact) mass is 239 g/mol. The SMILES string of the molecule is CCCNC(CCCS(=O)(=O)O)OCC. The van der Waals surface area contributed by atoms with Crippen LogP contribution in [0.2, 0.25) is 0 Å². The smallest absolute Gasteiger partial charge is 0.264 e. The standard InChI is InChI=1S/C9H21NO4S/c1-3-7-10-9(14-4-2)6-5-8-15(11,12)13/h9-10H,3-8H2,1-2H3,(H,11,12,13). The van der Waals surface area contributed by atoms with Crippen LogP contribution in [0.5, 0.6) is 0 Å². The predicted molar refractivity (Wildman–Crippen MR) is 59.4 cm³/mol. The van der Waals surface area contributed by atoms with Crippen LogP contribution in [0.1, 0.15) is 33.1 Å². The normalized spacial score (nSPS) is 14.1. The van der Waals surface area contributed by atoms with Gasteiger partial charge in [0.25, 0.3) is 10.1 Å². The first-order valence-corrected chi connectivity index (χ1v) is 6.90. The van der Waals surface area contributed by atoms with Gasteiger partial charge in [0.05, 0.1) is 5.75 Å². The second-order valence-electron chi connectivity index (χ2n) is 3.33. The highest BCUT2D eigenvalue weighted by atomic mass is 32.2. The van der Waals surface area contributed by atoms with Gasteiger partial charge in [-0.1, -0.05) is 6.92 Å². The first-order chi connectivity index (χ1) is 6.99. The maximum Gasteiger partial charge on any atom is 0.264 e. The molecule has 0 aromatic rings. The van der Waals surface area contributed by atoms with Gasteiger partial charge >= 0.3 is 0 Å². The first kappa shape index (κ1) is 14.8. The number of ether oxygens (including phenoxy) is 1. The van der Waals surface area contributed by atoms with E-state index >= 15 is 0 Å². The lowest BCUT2D eigenvalue weighted by atomic mass is 10.3. The quantitative estimate of drug-likeness (QED) is 0.464. The van der Waals surface area contributed by atoms with E-state index in [1.807, 2.05) is 13.8 Å². The highest BCUT2D eigenvalue weighted by molar-refractivity contribution is 7.85. The molecule has 0 amide bonds. The summed E-state index contributed by atoms with van der Waals surface area (Å²) < 4.78 is 34.9. The minimum atomic E-state index is -3.84. The third-order valence-electron chi connectivity index (χ3n) is 1.86. The third-order valence-corrected chi connectivity index (χ3v) is 2.66. The van der Waals surface area contributed by atoms with Gasteiger partial charge in [0.1, 0.15) is 6.23 Å². The molecule has 1 unspecified atom stereocenters. The first-order valence-electron chi connectivity index (χ1n) is 5.29. The van der Waals surface area contributed by atoms with Crippen LogP contribution < -0.4 is 5.32 Å². The molecule has 0 radical (unpaired) electrons. The third kappa shape index (κ3) is 10.1. The van der Waals surface area contributed by atoms with E-state index in [1.165, 1.54) is 0 Å². The van der Waals surface area contributed by atoms with Crippen molar-refractivity contribution in [1.82, 2.24) is 5.32 Å². The largest absolute Gasteiger partial charge is 0.364 e. The van der Waals surface area contributed by atoms with Gasteiger partial charge in [-0.05, 0) is 32.7 Å². The molecule has 5 nitrogen and oxygen atoms in total. The fourth-order valence-corrected chi connectivity index (χ4v) is 1.73. The molecule has 0 aliphatic heterocycles. The Morgan fingerprint density at radius 3 is 2.53 bits per heavy atom. The molecule has 0 heterocycles. The Kier molecular flexibility index (Phi) is 7.95. The summed E-state index contributed by atoms with van der Waals surface area (Å²) in [5, 5.41) is 3.16. The summed E-state index contributed by atoms with van der Waals surface area (Å²) >= 11 is 0. The van der Waals surface area contributed by atoms with E-state index in [2.05, 4.69) is 5.32 Å². The zero-order valence-corrected chi connectivity index (χ0v) is 10.2. The predicted octanol–water partition coefficient (Wildman–Crippen LogP) is 1.02. The lowest BCUT2D eigenvalue weighted by Gasteiger charge is -2.17. The van der Waals surface area contributed by atoms with Crippen LogP contribution in [0.25, 0.3) is 0 Å². The van der Waals surface area contributed by atoms with E-state index in [9.17, 15) is 8.42 Å². The van der Waals surface area contributed by atoms with Crippen LogP contribution in [0.3, 0.4) is 0 Å². The molecule has 0 aromatic carbocycles. The Morgan fingerprint density at radius 1 is 1.40 bits per heavy atom. The van der Waals surface area contributed by atoms with Gasteiger partial charge in [0, 0.05) is 6.61 Å². The number of rotatable bonds is 9. The minimum Gasteiger partial charge on any atom is -0.364 e. The van der Waals surface area contributed by atoms with Gasteiger partial charge in [0.15, 0.2) is 0 Å². The van der Waals surface area contributed by atoms with Crippen molar-refractivity contribution in [2.75, 3.05) is 18.9 Å². The average molecular weight is 239 g/mol. The molecule has 0 aliphatic carbocycles. The minimum absolute atomic E-state index is 0.114.